The molecule has 3 heterocycles. The lowest BCUT2D eigenvalue weighted by Gasteiger charge is -2.08. The van der Waals surface area contributed by atoms with Crippen LogP contribution in [-0.4, -0.2) is 39.2 Å². The number of ether oxygens (including phenoxy) is 1. The predicted octanol–water partition coefficient (Wildman–Crippen LogP) is 1.42. The third-order valence-corrected chi connectivity index (χ3v) is 4.39. The Morgan fingerprint density at radius 3 is 2.93 bits per heavy atom. The van der Waals surface area contributed by atoms with Gasteiger partial charge in [-0.2, -0.15) is 4.98 Å². The van der Waals surface area contributed by atoms with Crippen LogP contribution >= 0.6 is 0 Å². The Balaban J connectivity index is 1.42. The van der Waals surface area contributed by atoms with Gasteiger partial charge in [0.2, 0.25) is 11.9 Å². The molecule has 0 spiro atoms. The van der Waals surface area contributed by atoms with Crippen LogP contribution in [-0.2, 0) is 4.79 Å². The lowest BCUT2D eigenvalue weighted by Crippen LogP contribution is -2.39. The van der Waals surface area contributed by atoms with Crippen LogP contribution in [0.25, 0.3) is 11.4 Å². The van der Waals surface area contributed by atoms with Crippen LogP contribution in [0.1, 0.15) is 18.0 Å². The zero-order valence-corrected chi connectivity index (χ0v) is 14.6. The van der Waals surface area contributed by atoms with Crippen molar-refractivity contribution in [3.63, 3.8) is 0 Å². The average molecular weight is 365 g/mol. The summed E-state index contributed by atoms with van der Waals surface area (Å²) in [6, 6.07) is 10.9. The van der Waals surface area contributed by atoms with Gasteiger partial charge >= 0.3 is 0 Å². The molecular formula is C18H19N7O2. The highest BCUT2D eigenvalue weighted by Crippen LogP contribution is 2.27. The molecular weight excluding hydrogens is 346 g/mol. The minimum absolute atomic E-state index is 0.0192. The maximum atomic E-state index is 12.5. The molecule has 9 heteroatoms. The number of aromatic amines is 1. The van der Waals surface area contributed by atoms with Crippen LogP contribution in [0.15, 0.2) is 48.8 Å². The highest BCUT2D eigenvalue weighted by atomic mass is 16.5. The summed E-state index contributed by atoms with van der Waals surface area (Å²) in [6.07, 6.45) is 4.11. The molecule has 3 aromatic rings. The van der Waals surface area contributed by atoms with Crippen LogP contribution in [0.5, 0.6) is 5.75 Å². The maximum Gasteiger partial charge on any atom is 0.249 e. The van der Waals surface area contributed by atoms with Crippen LogP contribution in [0.3, 0.4) is 0 Å². The number of aromatic nitrogens is 4. The first-order chi connectivity index (χ1) is 13.2. The summed E-state index contributed by atoms with van der Waals surface area (Å²) in [5, 5.41) is 9.63. The van der Waals surface area contributed by atoms with Gasteiger partial charge in [-0.25, -0.2) is 10.9 Å². The number of pyridine rings is 1. The standard InChI is InChI=1S/C18H19N7O2/c1-27-15-7-3-2-6-12(15)16-20-18(25-24-16)21-17(26)14-9-13(22-23-14)11-5-4-8-19-10-11/h2-8,10,13-14,22-23H,9H2,1H3,(H2,20,21,24,25,26). The van der Waals surface area contributed by atoms with Crippen molar-refractivity contribution in [3.8, 4) is 17.1 Å². The van der Waals surface area contributed by atoms with Crippen LogP contribution < -0.4 is 20.9 Å². The molecule has 2 unspecified atom stereocenters. The predicted molar refractivity (Wildman–Crippen MR) is 98.7 cm³/mol. The molecule has 1 aliphatic heterocycles. The van der Waals surface area contributed by atoms with Gasteiger partial charge < -0.3 is 4.74 Å². The summed E-state index contributed by atoms with van der Waals surface area (Å²) in [4.78, 5) is 21.0. The molecule has 0 aliphatic carbocycles. The molecule has 138 valence electrons. The van der Waals surface area contributed by atoms with Gasteiger partial charge in [0, 0.05) is 18.4 Å². The summed E-state index contributed by atoms with van der Waals surface area (Å²) in [7, 11) is 1.59. The summed E-state index contributed by atoms with van der Waals surface area (Å²) >= 11 is 0. The van der Waals surface area contributed by atoms with E-state index >= 15 is 0 Å². The van der Waals surface area contributed by atoms with Crippen molar-refractivity contribution in [3.05, 3.63) is 54.4 Å². The molecule has 1 saturated heterocycles. The Kier molecular flexibility index (Phi) is 4.77. The Hall–Kier alpha value is -3.30. The number of hydrogen-bond donors (Lipinski definition) is 4. The first-order valence-electron chi connectivity index (χ1n) is 8.52. The average Bonchev–Trinajstić information content (AvgIpc) is 3.38. The molecule has 1 amide bonds. The smallest absolute Gasteiger partial charge is 0.249 e. The highest BCUT2D eigenvalue weighted by Gasteiger charge is 2.30. The fourth-order valence-electron chi connectivity index (χ4n) is 3.00. The second kappa shape index (κ2) is 7.52. The van der Waals surface area contributed by atoms with E-state index in [2.05, 4.69) is 36.3 Å². The largest absolute Gasteiger partial charge is 0.496 e. The summed E-state index contributed by atoms with van der Waals surface area (Å²) in [5.74, 6) is 1.20. The first-order valence-corrected chi connectivity index (χ1v) is 8.52. The lowest BCUT2D eigenvalue weighted by molar-refractivity contribution is -0.117. The molecule has 0 bridgehead atoms. The molecule has 1 fully saturated rings. The summed E-state index contributed by atoms with van der Waals surface area (Å²) in [5.41, 5.74) is 7.92. The molecule has 2 atom stereocenters. The Morgan fingerprint density at radius 1 is 1.22 bits per heavy atom. The fourth-order valence-corrected chi connectivity index (χ4v) is 3.00. The first kappa shape index (κ1) is 17.1. The molecule has 4 N–H and O–H groups in total. The van der Waals surface area contributed by atoms with E-state index in [1.807, 2.05) is 36.4 Å². The quantitative estimate of drug-likeness (QED) is 0.540. The number of para-hydroxylation sites is 1. The number of carbonyl (C=O) groups excluding carboxylic acids is 1. The van der Waals surface area contributed by atoms with Crippen molar-refractivity contribution in [1.82, 2.24) is 31.0 Å². The Labute approximate surface area is 155 Å². The topological polar surface area (TPSA) is 117 Å². The normalized spacial score (nSPS) is 19.0. The van der Waals surface area contributed by atoms with Gasteiger partial charge in [-0.1, -0.05) is 18.2 Å². The van der Waals surface area contributed by atoms with Crippen molar-refractivity contribution in [2.75, 3.05) is 12.4 Å². The van der Waals surface area contributed by atoms with Gasteiger partial charge in [-0.3, -0.25) is 20.2 Å². The molecule has 1 aliphatic rings. The van der Waals surface area contributed by atoms with Gasteiger partial charge in [0.05, 0.1) is 12.7 Å². The maximum absolute atomic E-state index is 12.5. The van der Waals surface area contributed by atoms with E-state index in [1.165, 1.54) is 0 Å². The number of nitrogens with one attached hydrogen (secondary N) is 4. The molecule has 27 heavy (non-hydrogen) atoms. The van der Waals surface area contributed by atoms with E-state index in [9.17, 15) is 4.79 Å². The van der Waals surface area contributed by atoms with E-state index in [0.717, 1.165) is 11.1 Å². The fraction of sp³-hybridized carbons (Fsp3) is 0.222. The number of anilines is 1. The monoisotopic (exact) mass is 365 g/mol. The van der Waals surface area contributed by atoms with Crippen LogP contribution in [0.4, 0.5) is 5.95 Å². The van der Waals surface area contributed by atoms with Gasteiger partial charge in [-0.05, 0) is 30.2 Å². The number of hydrogen-bond acceptors (Lipinski definition) is 7. The molecule has 0 saturated carbocycles. The van der Waals surface area contributed by atoms with Crippen molar-refractivity contribution in [1.29, 1.82) is 0 Å². The van der Waals surface area contributed by atoms with Gasteiger partial charge in [0.25, 0.3) is 0 Å². The van der Waals surface area contributed by atoms with E-state index in [1.54, 1.807) is 19.5 Å². The zero-order chi connectivity index (χ0) is 18.6. The zero-order valence-electron chi connectivity index (χ0n) is 14.6. The summed E-state index contributed by atoms with van der Waals surface area (Å²) in [6.45, 7) is 0. The number of amides is 1. The Bertz CT molecular complexity index is 928. The number of H-pyrrole nitrogens is 1. The third-order valence-electron chi connectivity index (χ3n) is 4.39. The van der Waals surface area contributed by atoms with Gasteiger partial charge in [-0.15, -0.1) is 5.10 Å². The van der Waals surface area contributed by atoms with Crippen LogP contribution in [0.2, 0.25) is 0 Å². The van der Waals surface area contributed by atoms with Gasteiger partial charge in [0.15, 0.2) is 5.82 Å². The van der Waals surface area contributed by atoms with Crippen molar-refractivity contribution in [2.45, 2.75) is 18.5 Å². The van der Waals surface area contributed by atoms with E-state index in [0.29, 0.717) is 18.0 Å². The van der Waals surface area contributed by atoms with Crippen molar-refractivity contribution >= 4 is 11.9 Å². The molecule has 0 radical (unpaired) electrons. The second-order valence-corrected chi connectivity index (χ2v) is 6.11. The van der Waals surface area contributed by atoms with E-state index in [4.69, 9.17) is 4.74 Å². The summed E-state index contributed by atoms with van der Waals surface area (Å²) < 4.78 is 5.33. The van der Waals surface area contributed by atoms with E-state index < -0.39 is 6.04 Å². The number of rotatable bonds is 5. The lowest BCUT2D eigenvalue weighted by atomic mass is 10.0. The minimum Gasteiger partial charge on any atom is -0.496 e. The number of carbonyl (C=O) groups is 1. The number of nitrogens with zero attached hydrogens (tertiary/aromatic N) is 3. The van der Waals surface area contributed by atoms with E-state index in [-0.39, 0.29) is 17.9 Å². The highest BCUT2D eigenvalue weighted by molar-refractivity contribution is 5.93. The minimum atomic E-state index is -0.400. The van der Waals surface area contributed by atoms with Crippen molar-refractivity contribution in [2.24, 2.45) is 0 Å². The second-order valence-electron chi connectivity index (χ2n) is 6.11. The Morgan fingerprint density at radius 2 is 2.11 bits per heavy atom. The SMILES string of the molecule is COc1ccccc1-c1nc(NC(=O)C2CC(c3cccnc3)NN2)n[nH]1. The van der Waals surface area contributed by atoms with Crippen LogP contribution in [0, 0.1) is 0 Å². The number of benzene rings is 1. The third kappa shape index (κ3) is 3.64. The molecule has 4 rings (SSSR count). The van der Waals surface area contributed by atoms with Crippen molar-refractivity contribution < 1.29 is 9.53 Å². The molecule has 2 aromatic heterocycles. The number of hydrazine groups is 1. The number of methoxy groups -OCH3 is 1. The molecule has 1 aromatic carbocycles. The molecule has 9 nitrogen and oxygen atoms in total. The van der Waals surface area contributed by atoms with Gasteiger partial charge in [0.1, 0.15) is 11.8 Å².